The predicted octanol–water partition coefficient (Wildman–Crippen LogP) is 1.96. The van der Waals surface area contributed by atoms with E-state index in [0.717, 1.165) is 26.2 Å². The molecular weight excluding hydrogens is 340 g/mol. The van der Waals surface area contributed by atoms with Crippen LogP contribution in [0.15, 0.2) is 24.3 Å². The average molecular weight is 372 g/mol. The van der Waals surface area contributed by atoms with Crippen LogP contribution in [0.2, 0.25) is 0 Å². The summed E-state index contributed by atoms with van der Waals surface area (Å²) in [4.78, 5) is 10.8. The summed E-state index contributed by atoms with van der Waals surface area (Å²) in [5.41, 5.74) is 0.581. The molecule has 0 aliphatic rings. The number of carbonyl (C=O) groups is 1. The molecule has 0 heterocycles. The van der Waals surface area contributed by atoms with Gasteiger partial charge in [0.25, 0.3) is 0 Å². The Labute approximate surface area is 156 Å². The number of rotatable bonds is 16. The minimum Gasteiger partial charge on any atom is -0.493 e. The van der Waals surface area contributed by atoms with Crippen molar-refractivity contribution in [3.63, 3.8) is 0 Å². The normalized spacial score (nSPS) is 10.1. The highest BCUT2D eigenvalue weighted by Gasteiger charge is 2.00. The van der Waals surface area contributed by atoms with Crippen LogP contribution in [-0.2, 0) is 18.9 Å². The van der Waals surface area contributed by atoms with Crippen LogP contribution in [0.4, 0.5) is 0 Å². The maximum absolute atomic E-state index is 10.8. The molecule has 0 aliphatic carbocycles. The van der Waals surface area contributed by atoms with Gasteiger partial charge in [0.1, 0.15) is 5.75 Å². The Morgan fingerprint density at radius 3 is 1.96 bits per heavy atom. The molecule has 7 heteroatoms. The van der Waals surface area contributed by atoms with E-state index in [-0.39, 0.29) is 0 Å². The van der Waals surface area contributed by atoms with Crippen molar-refractivity contribution < 1.29 is 33.6 Å². The molecule has 26 heavy (non-hydrogen) atoms. The van der Waals surface area contributed by atoms with E-state index in [0.29, 0.717) is 64.2 Å². The summed E-state index contributed by atoms with van der Waals surface area (Å²) in [6.45, 7) is 4.73. The van der Waals surface area contributed by atoms with Gasteiger partial charge in [0.05, 0.1) is 51.8 Å². The molecule has 0 amide bonds. The summed E-state index contributed by atoms with van der Waals surface area (Å²) in [6, 6.07) is 7.22. The van der Waals surface area contributed by atoms with E-state index in [4.69, 9.17) is 28.8 Å². The molecule has 1 rings (SSSR count). The Hall–Kier alpha value is -1.51. The fraction of sp³-hybridized carbons (Fsp3) is 0.632. The number of aldehydes is 1. The van der Waals surface area contributed by atoms with Gasteiger partial charge in [-0.3, -0.25) is 4.79 Å². The standard InChI is InChI=1S/C18H28O6.CH4O/c1-20-10-11-22-14-15-23-13-12-21-8-4-5-9-24-18-7-3-2-6-17(18)16-19;1-2/h2-3,6-7,16H,4-5,8-15H2,1H3;2H,1H3. The van der Waals surface area contributed by atoms with Crippen molar-refractivity contribution in [2.45, 2.75) is 12.8 Å². The second kappa shape index (κ2) is 19.8. The number of aliphatic hydroxyl groups excluding tert-OH is 1. The summed E-state index contributed by atoms with van der Waals surface area (Å²) in [5, 5.41) is 7.00. The van der Waals surface area contributed by atoms with Crippen molar-refractivity contribution in [2.24, 2.45) is 0 Å². The lowest BCUT2D eigenvalue weighted by atomic mass is 10.2. The van der Waals surface area contributed by atoms with Gasteiger partial charge in [-0.1, -0.05) is 12.1 Å². The Kier molecular flexibility index (Phi) is 18.7. The van der Waals surface area contributed by atoms with Crippen LogP contribution in [0, 0.1) is 0 Å². The minimum absolute atomic E-state index is 0.566. The molecule has 150 valence electrons. The van der Waals surface area contributed by atoms with Crippen LogP contribution in [0.25, 0.3) is 0 Å². The second-order valence-electron chi connectivity index (χ2n) is 5.04. The summed E-state index contributed by atoms with van der Waals surface area (Å²) >= 11 is 0. The van der Waals surface area contributed by atoms with Gasteiger partial charge in [-0.05, 0) is 25.0 Å². The van der Waals surface area contributed by atoms with Gasteiger partial charge < -0.3 is 28.8 Å². The number of ether oxygens (including phenoxy) is 5. The molecule has 0 bridgehead atoms. The van der Waals surface area contributed by atoms with Crippen molar-refractivity contribution in [2.75, 3.05) is 67.1 Å². The third-order valence-electron chi connectivity index (χ3n) is 3.16. The van der Waals surface area contributed by atoms with Crippen LogP contribution in [-0.4, -0.2) is 78.5 Å². The topological polar surface area (TPSA) is 83.5 Å². The molecule has 1 aromatic carbocycles. The van der Waals surface area contributed by atoms with Crippen molar-refractivity contribution in [1.82, 2.24) is 0 Å². The van der Waals surface area contributed by atoms with Gasteiger partial charge in [0, 0.05) is 20.8 Å². The van der Waals surface area contributed by atoms with E-state index in [2.05, 4.69) is 0 Å². The lowest BCUT2D eigenvalue weighted by molar-refractivity contribution is 0.00305. The van der Waals surface area contributed by atoms with E-state index >= 15 is 0 Å². The molecule has 0 atom stereocenters. The fourth-order valence-corrected chi connectivity index (χ4v) is 1.88. The summed E-state index contributed by atoms with van der Waals surface area (Å²) in [5.74, 6) is 0.634. The average Bonchev–Trinajstić information content (AvgIpc) is 2.70. The molecule has 0 saturated heterocycles. The molecule has 0 aromatic heterocycles. The predicted molar refractivity (Wildman–Crippen MR) is 99.0 cm³/mol. The fourth-order valence-electron chi connectivity index (χ4n) is 1.88. The Bertz CT molecular complexity index is 426. The first kappa shape index (κ1) is 24.5. The zero-order chi connectivity index (χ0) is 19.3. The minimum atomic E-state index is 0.566. The Morgan fingerprint density at radius 2 is 1.35 bits per heavy atom. The SMILES string of the molecule is CO.COCCOCCOCCOCCCCOc1ccccc1C=O. The quantitative estimate of drug-likeness (QED) is 0.351. The van der Waals surface area contributed by atoms with Gasteiger partial charge in [-0.25, -0.2) is 0 Å². The molecule has 0 radical (unpaired) electrons. The number of hydrogen-bond acceptors (Lipinski definition) is 7. The van der Waals surface area contributed by atoms with Crippen LogP contribution < -0.4 is 4.74 Å². The molecule has 0 aliphatic heterocycles. The van der Waals surface area contributed by atoms with Gasteiger partial charge in [-0.2, -0.15) is 0 Å². The molecule has 1 N–H and O–H groups in total. The highest BCUT2D eigenvalue weighted by Crippen LogP contribution is 2.15. The van der Waals surface area contributed by atoms with Crippen molar-refractivity contribution >= 4 is 6.29 Å². The van der Waals surface area contributed by atoms with E-state index in [9.17, 15) is 4.79 Å². The largest absolute Gasteiger partial charge is 0.493 e. The Balaban J connectivity index is 0.00000301. The van der Waals surface area contributed by atoms with Crippen LogP contribution >= 0.6 is 0 Å². The van der Waals surface area contributed by atoms with E-state index in [1.807, 2.05) is 12.1 Å². The Morgan fingerprint density at radius 1 is 0.808 bits per heavy atom. The van der Waals surface area contributed by atoms with E-state index < -0.39 is 0 Å². The third kappa shape index (κ3) is 13.7. The first-order valence-electron chi connectivity index (χ1n) is 8.72. The molecule has 7 nitrogen and oxygen atoms in total. The summed E-state index contributed by atoms with van der Waals surface area (Å²) in [6.07, 6.45) is 2.59. The van der Waals surface area contributed by atoms with E-state index in [1.165, 1.54) is 0 Å². The maximum Gasteiger partial charge on any atom is 0.153 e. The van der Waals surface area contributed by atoms with Crippen LogP contribution in [0.1, 0.15) is 23.2 Å². The lowest BCUT2D eigenvalue weighted by Gasteiger charge is -2.08. The smallest absolute Gasteiger partial charge is 0.153 e. The van der Waals surface area contributed by atoms with Crippen LogP contribution in [0.5, 0.6) is 5.75 Å². The first-order chi connectivity index (χ1) is 12.9. The highest BCUT2D eigenvalue weighted by atomic mass is 16.6. The van der Waals surface area contributed by atoms with Gasteiger partial charge in [0.2, 0.25) is 0 Å². The lowest BCUT2D eigenvalue weighted by Crippen LogP contribution is -2.11. The zero-order valence-electron chi connectivity index (χ0n) is 15.9. The number of aliphatic hydroxyl groups is 1. The van der Waals surface area contributed by atoms with Crippen molar-refractivity contribution in [3.8, 4) is 5.75 Å². The maximum atomic E-state index is 10.8. The van der Waals surface area contributed by atoms with Crippen molar-refractivity contribution in [3.05, 3.63) is 29.8 Å². The number of carbonyl (C=O) groups excluding carboxylic acids is 1. The molecule has 0 fully saturated rings. The molecule has 1 aromatic rings. The first-order valence-corrected chi connectivity index (χ1v) is 8.72. The number of hydrogen-bond donors (Lipinski definition) is 1. The highest BCUT2D eigenvalue weighted by molar-refractivity contribution is 5.79. The van der Waals surface area contributed by atoms with Gasteiger partial charge >= 0.3 is 0 Å². The summed E-state index contributed by atoms with van der Waals surface area (Å²) in [7, 11) is 2.65. The van der Waals surface area contributed by atoms with Crippen molar-refractivity contribution in [1.29, 1.82) is 0 Å². The molecule has 0 saturated carbocycles. The molecular formula is C19H32O7. The third-order valence-corrected chi connectivity index (χ3v) is 3.16. The monoisotopic (exact) mass is 372 g/mol. The number of para-hydroxylation sites is 1. The zero-order valence-corrected chi connectivity index (χ0v) is 15.9. The number of benzene rings is 1. The second-order valence-corrected chi connectivity index (χ2v) is 5.04. The molecule has 0 spiro atoms. The number of methoxy groups -OCH3 is 1. The van der Waals surface area contributed by atoms with Crippen LogP contribution in [0.3, 0.4) is 0 Å². The number of unbranched alkanes of at least 4 members (excludes halogenated alkanes) is 1. The molecule has 0 unspecified atom stereocenters. The van der Waals surface area contributed by atoms with Gasteiger partial charge in [-0.15, -0.1) is 0 Å². The van der Waals surface area contributed by atoms with Gasteiger partial charge in [0.15, 0.2) is 6.29 Å². The summed E-state index contributed by atoms with van der Waals surface area (Å²) < 4.78 is 26.6. The van der Waals surface area contributed by atoms with E-state index in [1.54, 1.807) is 19.2 Å².